The topological polar surface area (TPSA) is 39.0 Å². The summed E-state index contributed by atoms with van der Waals surface area (Å²) in [5.74, 6) is 0. The van der Waals surface area contributed by atoms with Crippen LogP contribution in [0.4, 0.5) is 0 Å². The van der Waals surface area contributed by atoms with E-state index in [1.807, 2.05) is 25.5 Å². The highest BCUT2D eigenvalue weighted by Crippen LogP contribution is 2.14. The normalized spacial score (nSPS) is 17.5. The second kappa shape index (κ2) is 2.73. The lowest BCUT2D eigenvalue weighted by molar-refractivity contribution is 0.330. The SMILES string of the molecule is Cc1c(C)n(C2CNC2)c(=O)n1C. The number of aromatic nitrogens is 2. The van der Waals surface area contributed by atoms with Crippen molar-refractivity contribution in [2.45, 2.75) is 19.9 Å². The Bertz CT molecular complexity index is 384. The standard InChI is InChI=1S/C9H15N3O/c1-6-7(2)12(8-4-10-5-8)9(13)11(6)3/h8,10H,4-5H2,1-3H3. The highest BCUT2D eigenvalue weighted by atomic mass is 16.1. The van der Waals surface area contributed by atoms with Crippen molar-refractivity contribution in [2.75, 3.05) is 13.1 Å². The van der Waals surface area contributed by atoms with E-state index in [0.29, 0.717) is 6.04 Å². The molecule has 0 aliphatic carbocycles. The molecule has 4 nitrogen and oxygen atoms in total. The van der Waals surface area contributed by atoms with Gasteiger partial charge in [-0.3, -0.25) is 9.13 Å². The van der Waals surface area contributed by atoms with Crippen LogP contribution in [0.1, 0.15) is 17.4 Å². The predicted octanol–water partition coefficient (Wildman–Crippen LogP) is -0.0521. The smallest absolute Gasteiger partial charge is 0.313 e. The number of rotatable bonds is 1. The molecule has 0 radical (unpaired) electrons. The molecule has 4 heteroatoms. The van der Waals surface area contributed by atoms with E-state index < -0.39 is 0 Å². The highest BCUT2D eigenvalue weighted by Gasteiger charge is 2.24. The van der Waals surface area contributed by atoms with Gasteiger partial charge in [0.15, 0.2) is 0 Å². The number of imidazole rings is 1. The molecule has 1 aliphatic heterocycles. The van der Waals surface area contributed by atoms with Gasteiger partial charge in [-0.25, -0.2) is 4.79 Å². The third-order valence-corrected chi connectivity index (χ3v) is 3.01. The number of hydrogen-bond donors (Lipinski definition) is 1. The van der Waals surface area contributed by atoms with Gasteiger partial charge in [0, 0.05) is 31.5 Å². The molecule has 0 atom stereocenters. The van der Waals surface area contributed by atoms with Crippen LogP contribution in [0.15, 0.2) is 4.79 Å². The van der Waals surface area contributed by atoms with Gasteiger partial charge in [0.2, 0.25) is 0 Å². The summed E-state index contributed by atoms with van der Waals surface area (Å²) in [6.07, 6.45) is 0. The zero-order chi connectivity index (χ0) is 9.59. The Morgan fingerprint density at radius 1 is 1.31 bits per heavy atom. The molecule has 13 heavy (non-hydrogen) atoms. The lowest BCUT2D eigenvalue weighted by atomic mass is 10.1. The van der Waals surface area contributed by atoms with Crippen LogP contribution >= 0.6 is 0 Å². The van der Waals surface area contributed by atoms with Crippen molar-refractivity contribution in [1.29, 1.82) is 0 Å². The molecule has 0 spiro atoms. The first-order valence-corrected chi connectivity index (χ1v) is 4.58. The molecule has 1 aromatic rings. The molecule has 0 unspecified atom stereocenters. The monoisotopic (exact) mass is 181 g/mol. The van der Waals surface area contributed by atoms with Crippen molar-refractivity contribution in [3.63, 3.8) is 0 Å². The molecule has 0 saturated carbocycles. The second-order valence-corrected chi connectivity index (χ2v) is 3.69. The average Bonchev–Trinajstić information content (AvgIpc) is 2.19. The Labute approximate surface area is 77.2 Å². The van der Waals surface area contributed by atoms with Gasteiger partial charge in [-0.15, -0.1) is 0 Å². The van der Waals surface area contributed by atoms with E-state index in [4.69, 9.17) is 0 Å². The average molecular weight is 181 g/mol. The fourth-order valence-corrected chi connectivity index (χ4v) is 1.75. The van der Waals surface area contributed by atoms with Gasteiger partial charge in [-0.1, -0.05) is 0 Å². The Morgan fingerprint density at radius 3 is 2.23 bits per heavy atom. The minimum atomic E-state index is 0.113. The summed E-state index contributed by atoms with van der Waals surface area (Å²) >= 11 is 0. The van der Waals surface area contributed by atoms with Crippen molar-refractivity contribution in [3.05, 3.63) is 21.9 Å². The summed E-state index contributed by atoms with van der Waals surface area (Å²) in [7, 11) is 1.83. The van der Waals surface area contributed by atoms with Crippen LogP contribution in [0.2, 0.25) is 0 Å². The van der Waals surface area contributed by atoms with E-state index >= 15 is 0 Å². The first kappa shape index (κ1) is 8.56. The van der Waals surface area contributed by atoms with Crippen molar-refractivity contribution in [1.82, 2.24) is 14.5 Å². The van der Waals surface area contributed by atoms with Crippen LogP contribution < -0.4 is 11.0 Å². The van der Waals surface area contributed by atoms with Gasteiger partial charge >= 0.3 is 5.69 Å². The third-order valence-electron chi connectivity index (χ3n) is 3.01. The molecule has 1 N–H and O–H groups in total. The van der Waals surface area contributed by atoms with Crippen LogP contribution in [0.25, 0.3) is 0 Å². The Kier molecular flexibility index (Phi) is 1.80. The number of nitrogens with one attached hydrogen (secondary N) is 1. The van der Waals surface area contributed by atoms with Crippen molar-refractivity contribution >= 4 is 0 Å². The lowest BCUT2D eigenvalue weighted by Gasteiger charge is -2.28. The summed E-state index contributed by atoms with van der Waals surface area (Å²) in [4.78, 5) is 11.7. The number of hydrogen-bond acceptors (Lipinski definition) is 2. The quantitative estimate of drug-likeness (QED) is 0.659. The molecule has 2 heterocycles. The lowest BCUT2D eigenvalue weighted by Crippen LogP contribution is -2.47. The molecule has 0 bridgehead atoms. The molecule has 1 aliphatic rings. The summed E-state index contributed by atoms with van der Waals surface area (Å²) < 4.78 is 3.61. The molecular formula is C9H15N3O. The van der Waals surface area contributed by atoms with Crippen molar-refractivity contribution in [3.8, 4) is 0 Å². The zero-order valence-corrected chi connectivity index (χ0v) is 8.29. The molecule has 0 aromatic carbocycles. The zero-order valence-electron chi connectivity index (χ0n) is 8.29. The van der Waals surface area contributed by atoms with Crippen LogP contribution in [-0.4, -0.2) is 22.2 Å². The van der Waals surface area contributed by atoms with Gasteiger partial charge in [0.25, 0.3) is 0 Å². The van der Waals surface area contributed by atoms with Gasteiger partial charge in [-0.2, -0.15) is 0 Å². The summed E-state index contributed by atoms with van der Waals surface area (Å²) in [5.41, 5.74) is 2.28. The Morgan fingerprint density at radius 2 is 1.92 bits per heavy atom. The van der Waals surface area contributed by atoms with Crippen LogP contribution in [0, 0.1) is 13.8 Å². The van der Waals surface area contributed by atoms with Gasteiger partial charge < -0.3 is 5.32 Å². The van der Waals surface area contributed by atoms with Gasteiger partial charge in [0.1, 0.15) is 0 Å². The Balaban J connectivity index is 2.55. The molecule has 1 fully saturated rings. The van der Waals surface area contributed by atoms with E-state index in [0.717, 1.165) is 24.5 Å². The maximum atomic E-state index is 11.7. The minimum Gasteiger partial charge on any atom is -0.313 e. The molecule has 1 aromatic heterocycles. The van der Waals surface area contributed by atoms with Gasteiger partial charge in [-0.05, 0) is 13.8 Å². The maximum absolute atomic E-state index is 11.7. The molecule has 0 amide bonds. The third kappa shape index (κ3) is 1.05. The predicted molar refractivity (Wildman–Crippen MR) is 51.1 cm³/mol. The first-order chi connectivity index (χ1) is 6.13. The summed E-state index contributed by atoms with van der Waals surface area (Å²) in [6, 6.07) is 0.368. The van der Waals surface area contributed by atoms with Crippen molar-refractivity contribution in [2.24, 2.45) is 7.05 Å². The fraction of sp³-hybridized carbons (Fsp3) is 0.667. The van der Waals surface area contributed by atoms with Crippen LogP contribution in [0.3, 0.4) is 0 Å². The van der Waals surface area contributed by atoms with E-state index in [9.17, 15) is 4.79 Å². The molecule has 2 rings (SSSR count). The molecule has 1 saturated heterocycles. The number of nitrogens with zero attached hydrogens (tertiary/aromatic N) is 2. The highest BCUT2D eigenvalue weighted by molar-refractivity contribution is 5.13. The second-order valence-electron chi connectivity index (χ2n) is 3.69. The van der Waals surface area contributed by atoms with Gasteiger partial charge in [0.05, 0.1) is 6.04 Å². The van der Waals surface area contributed by atoms with E-state index in [2.05, 4.69) is 5.32 Å². The summed E-state index contributed by atoms with van der Waals surface area (Å²) in [6.45, 7) is 5.84. The van der Waals surface area contributed by atoms with Crippen molar-refractivity contribution < 1.29 is 0 Å². The largest absolute Gasteiger partial charge is 0.328 e. The van der Waals surface area contributed by atoms with Crippen LogP contribution in [-0.2, 0) is 7.05 Å². The van der Waals surface area contributed by atoms with E-state index in [1.165, 1.54) is 0 Å². The fourth-order valence-electron chi connectivity index (χ4n) is 1.75. The Hall–Kier alpha value is -1.03. The van der Waals surface area contributed by atoms with E-state index in [-0.39, 0.29) is 5.69 Å². The summed E-state index contributed by atoms with van der Waals surface area (Å²) in [5, 5.41) is 3.17. The molecule has 72 valence electrons. The first-order valence-electron chi connectivity index (χ1n) is 4.58. The molecular weight excluding hydrogens is 166 g/mol. The van der Waals surface area contributed by atoms with E-state index in [1.54, 1.807) is 4.57 Å². The minimum absolute atomic E-state index is 0.113. The van der Waals surface area contributed by atoms with Crippen LogP contribution in [0.5, 0.6) is 0 Å². The maximum Gasteiger partial charge on any atom is 0.328 e.